The molecule has 0 spiro atoms. The van der Waals surface area contributed by atoms with Crippen molar-refractivity contribution in [1.82, 2.24) is 4.90 Å². The van der Waals surface area contributed by atoms with Gasteiger partial charge in [0.2, 0.25) is 0 Å². The molecule has 1 aliphatic heterocycles. The van der Waals surface area contributed by atoms with Crippen molar-refractivity contribution >= 4 is 0 Å². The van der Waals surface area contributed by atoms with Gasteiger partial charge in [0.15, 0.2) is 0 Å². The summed E-state index contributed by atoms with van der Waals surface area (Å²) in [5, 5.41) is 0. The van der Waals surface area contributed by atoms with E-state index < -0.39 is 0 Å². The van der Waals surface area contributed by atoms with Crippen molar-refractivity contribution in [3.8, 4) is 0 Å². The first-order valence-electron chi connectivity index (χ1n) is 7.36. The van der Waals surface area contributed by atoms with Gasteiger partial charge in [0.25, 0.3) is 0 Å². The summed E-state index contributed by atoms with van der Waals surface area (Å²) < 4.78 is 0. The number of aryl methyl sites for hydroxylation is 1. The second kappa shape index (κ2) is 7.55. The molecule has 1 aromatic rings. The molecule has 100 valence electrons. The van der Waals surface area contributed by atoms with Crippen LogP contribution in [-0.2, 0) is 6.42 Å². The molecule has 1 saturated heterocycles. The van der Waals surface area contributed by atoms with Crippen molar-refractivity contribution in [3.63, 3.8) is 0 Å². The van der Waals surface area contributed by atoms with E-state index in [4.69, 9.17) is 5.73 Å². The standard InChI is InChI=1S/C16H26N2/c17-16(11-10-15-8-4-3-5-9-15)14-18-12-6-1-2-7-13-18/h3-5,8-9,16H,1-2,6-7,10-14,17H2. The number of nitrogens with two attached hydrogens (primary N) is 1. The minimum atomic E-state index is 0.323. The largest absolute Gasteiger partial charge is 0.327 e. The van der Waals surface area contributed by atoms with E-state index >= 15 is 0 Å². The summed E-state index contributed by atoms with van der Waals surface area (Å²) in [6, 6.07) is 11.0. The van der Waals surface area contributed by atoms with Crippen LogP contribution < -0.4 is 5.73 Å². The van der Waals surface area contributed by atoms with Crippen LogP contribution in [0.15, 0.2) is 30.3 Å². The summed E-state index contributed by atoms with van der Waals surface area (Å²) in [7, 11) is 0. The Labute approximate surface area is 111 Å². The average molecular weight is 246 g/mol. The molecule has 1 fully saturated rings. The van der Waals surface area contributed by atoms with Gasteiger partial charge in [-0.2, -0.15) is 0 Å². The molecular weight excluding hydrogens is 220 g/mol. The number of likely N-dealkylation sites (tertiary alicyclic amines) is 1. The van der Waals surface area contributed by atoms with Crippen molar-refractivity contribution in [2.24, 2.45) is 5.73 Å². The Morgan fingerprint density at radius 1 is 1.00 bits per heavy atom. The van der Waals surface area contributed by atoms with Gasteiger partial charge in [-0.25, -0.2) is 0 Å². The lowest BCUT2D eigenvalue weighted by molar-refractivity contribution is 0.262. The Hall–Kier alpha value is -0.860. The lowest BCUT2D eigenvalue weighted by Crippen LogP contribution is -2.38. The van der Waals surface area contributed by atoms with Gasteiger partial charge in [0.1, 0.15) is 0 Å². The first kappa shape index (κ1) is 13.6. The van der Waals surface area contributed by atoms with Crippen LogP contribution in [0, 0.1) is 0 Å². The normalized spacial score (nSPS) is 19.4. The third kappa shape index (κ3) is 4.79. The maximum absolute atomic E-state index is 6.26. The molecular formula is C16H26N2. The SMILES string of the molecule is NC(CCc1ccccc1)CN1CCCCCC1. The smallest absolute Gasteiger partial charge is 0.0170 e. The molecule has 0 radical (unpaired) electrons. The third-order valence-corrected chi connectivity index (χ3v) is 3.84. The van der Waals surface area contributed by atoms with Gasteiger partial charge in [0, 0.05) is 12.6 Å². The van der Waals surface area contributed by atoms with Crippen LogP contribution in [0.25, 0.3) is 0 Å². The van der Waals surface area contributed by atoms with Gasteiger partial charge in [-0.05, 0) is 44.3 Å². The highest BCUT2D eigenvalue weighted by atomic mass is 15.1. The lowest BCUT2D eigenvalue weighted by Gasteiger charge is -2.23. The number of rotatable bonds is 5. The predicted octanol–water partition coefficient (Wildman–Crippen LogP) is 2.82. The molecule has 18 heavy (non-hydrogen) atoms. The van der Waals surface area contributed by atoms with Gasteiger partial charge in [0.05, 0.1) is 0 Å². The zero-order valence-corrected chi connectivity index (χ0v) is 11.4. The lowest BCUT2D eigenvalue weighted by atomic mass is 10.1. The maximum Gasteiger partial charge on any atom is 0.0170 e. The Balaban J connectivity index is 1.69. The van der Waals surface area contributed by atoms with E-state index in [9.17, 15) is 0 Å². The molecule has 1 unspecified atom stereocenters. The van der Waals surface area contributed by atoms with E-state index in [1.165, 1.54) is 44.3 Å². The van der Waals surface area contributed by atoms with E-state index in [-0.39, 0.29) is 0 Å². The highest BCUT2D eigenvalue weighted by Crippen LogP contribution is 2.11. The number of hydrogen-bond acceptors (Lipinski definition) is 2. The van der Waals surface area contributed by atoms with Crippen LogP contribution in [-0.4, -0.2) is 30.6 Å². The van der Waals surface area contributed by atoms with Crippen molar-refractivity contribution in [3.05, 3.63) is 35.9 Å². The second-order valence-electron chi connectivity index (χ2n) is 5.50. The fourth-order valence-corrected chi connectivity index (χ4v) is 2.74. The molecule has 2 N–H and O–H groups in total. The first-order chi connectivity index (χ1) is 8.84. The van der Waals surface area contributed by atoms with Crippen molar-refractivity contribution < 1.29 is 0 Å². The molecule has 2 heteroatoms. The van der Waals surface area contributed by atoms with Gasteiger partial charge >= 0.3 is 0 Å². The quantitative estimate of drug-likeness (QED) is 0.865. The molecule has 0 amide bonds. The van der Waals surface area contributed by atoms with E-state index in [0.717, 1.165) is 19.4 Å². The summed E-state index contributed by atoms with van der Waals surface area (Å²) in [6.45, 7) is 3.57. The van der Waals surface area contributed by atoms with Gasteiger partial charge in [-0.3, -0.25) is 0 Å². The van der Waals surface area contributed by atoms with Crippen LogP contribution in [0.2, 0.25) is 0 Å². The van der Waals surface area contributed by atoms with E-state index in [2.05, 4.69) is 35.2 Å². The fourth-order valence-electron chi connectivity index (χ4n) is 2.74. The zero-order chi connectivity index (χ0) is 12.6. The number of benzene rings is 1. The van der Waals surface area contributed by atoms with Crippen LogP contribution in [0.1, 0.15) is 37.7 Å². The van der Waals surface area contributed by atoms with Crippen molar-refractivity contribution in [1.29, 1.82) is 0 Å². The van der Waals surface area contributed by atoms with E-state index in [1.807, 2.05) is 0 Å². The molecule has 0 bridgehead atoms. The Morgan fingerprint density at radius 2 is 1.67 bits per heavy atom. The second-order valence-corrected chi connectivity index (χ2v) is 5.50. The monoisotopic (exact) mass is 246 g/mol. The molecule has 2 nitrogen and oxygen atoms in total. The summed E-state index contributed by atoms with van der Waals surface area (Å²) >= 11 is 0. The van der Waals surface area contributed by atoms with Crippen molar-refractivity contribution in [2.75, 3.05) is 19.6 Å². The van der Waals surface area contributed by atoms with Crippen LogP contribution >= 0.6 is 0 Å². The minimum Gasteiger partial charge on any atom is -0.327 e. The molecule has 1 atom stereocenters. The molecule has 0 saturated carbocycles. The topological polar surface area (TPSA) is 29.3 Å². The summed E-state index contributed by atoms with van der Waals surface area (Å²) in [4.78, 5) is 2.56. The van der Waals surface area contributed by atoms with Crippen LogP contribution in [0.3, 0.4) is 0 Å². The van der Waals surface area contributed by atoms with E-state index in [1.54, 1.807) is 0 Å². The number of nitrogens with zero attached hydrogens (tertiary/aromatic N) is 1. The zero-order valence-electron chi connectivity index (χ0n) is 11.4. The highest BCUT2D eigenvalue weighted by molar-refractivity contribution is 5.14. The van der Waals surface area contributed by atoms with Gasteiger partial charge < -0.3 is 10.6 Å². The molecule has 1 heterocycles. The van der Waals surface area contributed by atoms with Gasteiger partial charge in [-0.15, -0.1) is 0 Å². The summed E-state index contributed by atoms with van der Waals surface area (Å²) in [6.07, 6.45) is 7.71. The molecule has 0 aliphatic carbocycles. The van der Waals surface area contributed by atoms with Gasteiger partial charge in [-0.1, -0.05) is 43.2 Å². The average Bonchev–Trinajstić information content (AvgIpc) is 2.66. The molecule has 1 aromatic carbocycles. The first-order valence-corrected chi connectivity index (χ1v) is 7.36. The Morgan fingerprint density at radius 3 is 2.33 bits per heavy atom. The van der Waals surface area contributed by atoms with Crippen LogP contribution in [0.4, 0.5) is 0 Å². The summed E-state index contributed by atoms with van der Waals surface area (Å²) in [5.41, 5.74) is 7.67. The highest BCUT2D eigenvalue weighted by Gasteiger charge is 2.12. The summed E-state index contributed by atoms with van der Waals surface area (Å²) in [5.74, 6) is 0. The number of hydrogen-bond donors (Lipinski definition) is 1. The molecule has 2 rings (SSSR count). The maximum atomic E-state index is 6.26. The molecule has 1 aliphatic rings. The Bertz CT molecular complexity index is 315. The minimum absolute atomic E-state index is 0.323. The Kier molecular flexibility index (Phi) is 5.69. The molecule has 0 aromatic heterocycles. The van der Waals surface area contributed by atoms with Crippen LogP contribution in [0.5, 0.6) is 0 Å². The van der Waals surface area contributed by atoms with Crippen molar-refractivity contribution in [2.45, 2.75) is 44.6 Å². The fraction of sp³-hybridized carbons (Fsp3) is 0.625. The predicted molar refractivity (Wildman–Crippen MR) is 77.6 cm³/mol. The third-order valence-electron chi connectivity index (χ3n) is 3.84. The van der Waals surface area contributed by atoms with E-state index in [0.29, 0.717) is 6.04 Å².